The maximum Gasteiger partial charge on any atom is 0.573 e. The van der Waals surface area contributed by atoms with Crippen LogP contribution in [0.5, 0.6) is 5.75 Å². The van der Waals surface area contributed by atoms with Gasteiger partial charge < -0.3 is 14.6 Å². The molecule has 0 atom stereocenters. The number of alkyl halides is 3. The van der Waals surface area contributed by atoms with Crippen molar-refractivity contribution in [2.45, 2.75) is 13.0 Å². The van der Waals surface area contributed by atoms with E-state index in [4.69, 9.17) is 10.4 Å². The van der Waals surface area contributed by atoms with Crippen molar-refractivity contribution in [3.8, 4) is 11.8 Å². The van der Waals surface area contributed by atoms with Gasteiger partial charge in [0.1, 0.15) is 11.3 Å². The molecular weight excluding hydrogens is 267 g/mol. The lowest BCUT2D eigenvalue weighted by atomic mass is 10.0. The largest absolute Gasteiger partial charge is 0.573 e. The molecule has 19 heavy (non-hydrogen) atoms. The molecule has 8 heteroatoms. The number of nitriles is 1. The number of carbonyl (C=O) groups excluding carboxylic acids is 1. The van der Waals surface area contributed by atoms with Crippen molar-refractivity contribution < 1.29 is 32.5 Å². The van der Waals surface area contributed by atoms with Crippen LogP contribution in [0.4, 0.5) is 13.2 Å². The van der Waals surface area contributed by atoms with E-state index in [1.54, 1.807) is 6.07 Å². The smallest absolute Gasteiger partial charge is 0.465 e. The SMILES string of the molecule is COC(=O)c1c(CO)cc(C#N)cc1OC(F)(F)F. The number of rotatable bonds is 3. The fraction of sp³-hybridized carbons (Fsp3) is 0.273. The van der Waals surface area contributed by atoms with E-state index >= 15 is 0 Å². The van der Waals surface area contributed by atoms with Gasteiger partial charge >= 0.3 is 12.3 Å². The van der Waals surface area contributed by atoms with Crippen LogP contribution in [0.25, 0.3) is 0 Å². The van der Waals surface area contributed by atoms with Gasteiger partial charge in [-0.2, -0.15) is 5.26 Å². The van der Waals surface area contributed by atoms with Gasteiger partial charge in [-0.3, -0.25) is 0 Å². The maximum absolute atomic E-state index is 12.2. The molecule has 102 valence electrons. The summed E-state index contributed by atoms with van der Waals surface area (Å²) in [4.78, 5) is 11.4. The molecule has 0 aromatic heterocycles. The quantitative estimate of drug-likeness (QED) is 0.850. The molecular formula is C11H8F3NO4. The molecule has 0 fully saturated rings. The molecule has 0 unspecified atom stereocenters. The van der Waals surface area contributed by atoms with Crippen molar-refractivity contribution in [2.75, 3.05) is 7.11 Å². The summed E-state index contributed by atoms with van der Waals surface area (Å²) in [6.07, 6.45) is -5.04. The fourth-order valence-electron chi connectivity index (χ4n) is 1.40. The van der Waals surface area contributed by atoms with Crippen LogP contribution >= 0.6 is 0 Å². The number of carbonyl (C=O) groups is 1. The Bertz CT molecular complexity index is 534. The highest BCUT2D eigenvalue weighted by molar-refractivity contribution is 5.94. The number of ether oxygens (including phenoxy) is 2. The summed E-state index contributed by atoms with van der Waals surface area (Å²) in [7, 11) is 0.971. The lowest BCUT2D eigenvalue weighted by Crippen LogP contribution is -2.20. The van der Waals surface area contributed by atoms with Crippen LogP contribution in [-0.2, 0) is 11.3 Å². The molecule has 1 aromatic rings. The Morgan fingerprint density at radius 1 is 1.47 bits per heavy atom. The minimum absolute atomic E-state index is 0.184. The van der Waals surface area contributed by atoms with Crippen LogP contribution in [0.1, 0.15) is 21.5 Å². The molecule has 0 saturated heterocycles. The van der Waals surface area contributed by atoms with E-state index < -0.39 is 30.3 Å². The maximum atomic E-state index is 12.2. The number of nitrogens with zero attached hydrogens (tertiary/aromatic N) is 1. The Hall–Kier alpha value is -2.27. The van der Waals surface area contributed by atoms with Crippen molar-refractivity contribution >= 4 is 5.97 Å². The van der Waals surface area contributed by atoms with Gasteiger partial charge in [0.05, 0.1) is 25.3 Å². The first kappa shape index (κ1) is 14.8. The molecule has 1 aromatic carbocycles. The minimum Gasteiger partial charge on any atom is -0.465 e. The van der Waals surface area contributed by atoms with Gasteiger partial charge in [0, 0.05) is 0 Å². The Kier molecular flexibility index (Phi) is 4.34. The zero-order valence-electron chi connectivity index (χ0n) is 9.61. The number of aliphatic hydroxyl groups is 1. The van der Waals surface area contributed by atoms with Crippen LogP contribution in [0.3, 0.4) is 0 Å². The monoisotopic (exact) mass is 275 g/mol. The number of aliphatic hydroxyl groups excluding tert-OH is 1. The van der Waals surface area contributed by atoms with Crippen LogP contribution in [0.2, 0.25) is 0 Å². The van der Waals surface area contributed by atoms with Crippen molar-refractivity contribution in [2.24, 2.45) is 0 Å². The third kappa shape index (κ3) is 3.59. The van der Waals surface area contributed by atoms with E-state index in [-0.39, 0.29) is 11.1 Å². The van der Waals surface area contributed by atoms with Gasteiger partial charge in [0.15, 0.2) is 0 Å². The molecule has 0 amide bonds. The summed E-state index contributed by atoms with van der Waals surface area (Å²) in [6.45, 7) is -0.742. The van der Waals surface area contributed by atoms with Gasteiger partial charge in [-0.05, 0) is 17.7 Å². The van der Waals surface area contributed by atoms with Gasteiger partial charge in [0.25, 0.3) is 0 Å². The van der Waals surface area contributed by atoms with Crippen molar-refractivity contribution in [3.63, 3.8) is 0 Å². The third-order valence-corrected chi connectivity index (χ3v) is 2.10. The molecule has 0 spiro atoms. The van der Waals surface area contributed by atoms with Gasteiger partial charge in [-0.25, -0.2) is 4.79 Å². The molecule has 0 radical (unpaired) electrons. The fourth-order valence-corrected chi connectivity index (χ4v) is 1.40. The summed E-state index contributed by atoms with van der Waals surface area (Å²) < 4.78 is 44.7. The van der Waals surface area contributed by atoms with Gasteiger partial charge in [-0.15, -0.1) is 13.2 Å². The molecule has 0 heterocycles. The second-order valence-corrected chi connectivity index (χ2v) is 3.32. The first-order valence-electron chi connectivity index (χ1n) is 4.84. The zero-order valence-corrected chi connectivity index (χ0v) is 9.61. The highest BCUT2D eigenvalue weighted by atomic mass is 19.4. The van der Waals surface area contributed by atoms with Crippen molar-refractivity contribution in [1.29, 1.82) is 5.26 Å². The number of benzene rings is 1. The molecule has 0 aliphatic rings. The van der Waals surface area contributed by atoms with Gasteiger partial charge in [-0.1, -0.05) is 0 Å². The number of methoxy groups -OCH3 is 1. The topological polar surface area (TPSA) is 79.5 Å². The Labute approximate surface area is 105 Å². The van der Waals surface area contributed by atoms with E-state index in [2.05, 4.69) is 9.47 Å². The number of esters is 1. The number of hydrogen-bond donors (Lipinski definition) is 1. The average Bonchev–Trinajstić information content (AvgIpc) is 2.34. The minimum atomic E-state index is -5.04. The Morgan fingerprint density at radius 2 is 2.11 bits per heavy atom. The summed E-state index contributed by atoms with van der Waals surface area (Å²) in [5.41, 5.74) is -0.942. The predicted molar refractivity (Wildman–Crippen MR) is 55.1 cm³/mol. The molecule has 1 N–H and O–H groups in total. The zero-order chi connectivity index (χ0) is 14.6. The van der Waals surface area contributed by atoms with Crippen LogP contribution in [-0.4, -0.2) is 24.5 Å². The van der Waals surface area contributed by atoms with E-state index in [9.17, 15) is 18.0 Å². The van der Waals surface area contributed by atoms with Crippen molar-refractivity contribution in [1.82, 2.24) is 0 Å². The molecule has 0 bridgehead atoms. The Morgan fingerprint density at radius 3 is 2.53 bits per heavy atom. The lowest BCUT2D eigenvalue weighted by molar-refractivity contribution is -0.274. The average molecular weight is 275 g/mol. The van der Waals surface area contributed by atoms with Gasteiger partial charge in [0.2, 0.25) is 0 Å². The van der Waals surface area contributed by atoms with E-state index in [0.717, 1.165) is 19.2 Å². The second-order valence-electron chi connectivity index (χ2n) is 3.32. The van der Waals surface area contributed by atoms with E-state index in [0.29, 0.717) is 0 Å². The van der Waals surface area contributed by atoms with Crippen LogP contribution in [0.15, 0.2) is 12.1 Å². The summed E-state index contributed by atoms with van der Waals surface area (Å²) in [5.74, 6) is -1.99. The normalized spacial score (nSPS) is 10.7. The van der Waals surface area contributed by atoms with E-state index in [1.807, 2.05) is 0 Å². The summed E-state index contributed by atoms with van der Waals surface area (Å²) in [5, 5.41) is 17.7. The standard InChI is InChI=1S/C11H8F3NO4/c1-18-10(17)9-7(5-16)2-6(4-15)3-8(9)19-11(12,13)14/h2-3,16H,5H2,1H3. The highest BCUT2D eigenvalue weighted by Crippen LogP contribution is 2.30. The molecule has 0 aliphatic heterocycles. The molecule has 0 aliphatic carbocycles. The number of halogens is 3. The Balaban J connectivity index is 3.47. The molecule has 1 rings (SSSR count). The number of hydrogen-bond acceptors (Lipinski definition) is 5. The van der Waals surface area contributed by atoms with Crippen LogP contribution in [0, 0.1) is 11.3 Å². The first-order valence-corrected chi connectivity index (χ1v) is 4.84. The van der Waals surface area contributed by atoms with E-state index in [1.165, 1.54) is 0 Å². The van der Waals surface area contributed by atoms with Crippen LogP contribution < -0.4 is 4.74 Å². The first-order chi connectivity index (χ1) is 8.82. The summed E-state index contributed by atoms with van der Waals surface area (Å²) in [6, 6.07) is 3.43. The second kappa shape index (κ2) is 5.58. The highest BCUT2D eigenvalue weighted by Gasteiger charge is 2.34. The molecule has 5 nitrogen and oxygen atoms in total. The predicted octanol–water partition coefficient (Wildman–Crippen LogP) is 1.74. The lowest BCUT2D eigenvalue weighted by Gasteiger charge is -2.15. The van der Waals surface area contributed by atoms with Crippen molar-refractivity contribution in [3.05, 3.63) is 28.8 Å². The summed E-state index contributed by atoms with van der Waals surface area (Å²) >= 11 is 0. The molecule has 0 saturated carbocycles. The third-order valence-electron chi connectivity index (χ3n) is 2.10.